The summed E-state index contributed by atoms with van der Waals surface area (Å²) in [4.78, 5) is 0. The molecule has 0 saturated heterocycles. The van der Waals surface area contributed by atoms with Gasteiger partial charge in [-0.15, -0.1) is 0 Å². The van der Waals surface area contributed by atoms with E-state index in [9.17, 15) is 0 Å². The van der Waals surface area contributed by atoms with Crippen molar-refractivity contribution < 1.29 is 0 Å². The van der Waals surface area contributed by atoms with Crippen molar-refractivity contribution in [2.75, 3.05) is 21.1 Å². The number of rotatable bonds is 2. The summed E-state index contributed by atoms with van der Waals surface area (Å²) in [6.07, 6.45) is 0. The van der Waals surface area contributed by atoms with Crippen molar-refractivity contribution in [3.05, 3.63) is 54.6 Å². The first-order chi connectivity index (χ1) is 7.57. The molecule has 0 amide bonds. The van der Waals surface area contributed by atoms with Crippen LogP contribution in [0.5, 0.6) is 0 Å². The van der Waals surface area contributed by atoms with Gasteiger partial charge in [-0.05, 0) is 35.4 Å². The van der Waals surface area contributed by atoms with E-state index in [1.807, 2.05) is 6.07 Å². The van der Waals surface area contributed by atoms with E-state index in [0.29, 0.717) is 0 Å². The molecular formula is C15H18N+. The van der Waals surface area contributed by atoms with Gasteiger partial charge in [0.1, 0.15) is 5.69 Å². The van der Waals surface area contributed by atoms with Gasteiger partial charge in [-0.2, -0.15) is 0 Å². The summed E-state index contributed by atoms with van der Waals surface area (Å²) in [5.74, 6) is 0. The summed E-state index contributed by atoms with van der Waals surface area (Å²) in [6, 6.07) is 19.2. The van der Waals surface area contributed by atoms with Crippen molar-refractivity contribution in [2.24, 2.45) is 0 Å². The van der Waals surface area contributed by atoms with Crippen LogP contribution in [-0.2, 0) is 0 Å². The Morgan fingerprint density at radius 3 is 1.62 bits per heavy atom. The highest BCUT2D eigenvalue weighted by Crippen LogP contribution is 2.23. The second-order valence-electron chi connectivity index (χ2n) is 4.93. The van der Waals surface area contributed by atoms with Crippen molar-refractivity contribution in [1.29, 1.82) is 0 Å². The summed E-state index contributed by atoms with van der Waals surface area (Å²) in [5.41, 5.74) is 3.87. The van der Waals surface area contributed by atoms with Crippen molar-refractivity contribution >= 4 is 5.69 Å². The number of nitrogens with zero attached hydrogens (tertiary/aromatic N) is 1. The Bertz CT molecular complexity index is 449. The Labute approximate surface area is 97.6 Å². The Morgan fingerprint density at radius 2 is 1.12 bits per heavy atom. The van der Waals surface area contributed by atoms with E-state index in [0.717, 1.165) is 4.48 Å². The van der Waals surface area contributed by atoms with Crippen LogP contribution in [0.15, 0.2) is 54.6 Å². The third kappa shape index (κ3) is 2.31. The van der Waals surface area contributed by atoms with E-state index in [2.05, 4.69) is 69.7 Å². The fourth-order valence-electron chi connectivity index (χ4n) is 1.73. The minimum absolute atomic E-state index is 0.856. The molecule has 0 bridgehead atoms. The lowest BCUT2D eigenvalue weighted by Gasteiger charge is -2.23. The molecule has 0 heterocycles. The molecule has 0 aliphatic carbocycles. The summed E-state index contributed by atoms with van der Waals surface area (Å²) in [6.45, 7) is 0. The van der Waals surface area contributed by atoms with Crippen LogP contribution >= 0.6 is 0 Å². The van der Waals surface area contributed by atoms with Crippen LogP contribution in [0.3, 0.4) is 0 Å². The fourth-order valence-corrected chi connectivity index (χ4v) is 1.73. The van der Waals surface area contributed by atoms with Crippen molar-refractivity contribution in [3.8, 4) is 11.1 Å². The van der Waals surface area contributed by atoms with Gasteiger partial charge in [0.15, 0.2) is 0 Å². The quantitative estimate of drug-likeness (QED) is 0.668. The molecule has 0 spiro atoms. The normalized spacial score (nSPS) is 11.4. The molecule has 0 radical (unpaired) electrons. The first-order valence-electron chi connectivity index (χ1n) is 5.55. The highest BCUT2D eigenvalue weighted by molar-refractivity contribution is 5.65. The minimum Gasteiger partial charge on any atom is -0.298 e. The summed E-state index contributed by atoms with van der Waals surface area (Å²) >= 11 is 0. The van der Waals surface area contributed by atoms with E-state index in [4.69, 9.17) is 0 Å². The maximum Gasteiger partial charge on any atom is 0.132 e. The summed E-state index contributed by atoms with van der Waals surface area (Å²) < 4.78 is 0.856. The van der Waals surface area contributed by atoms with Crippen LogP contribution in [0, 0.1) is 0 Å². The van der Waals surface area contributed by atoms with E-state index < -0.39 is 0 Å². The number of benzene rings is 2. The molecule has 1 heteroatoms. The standard InChI is InChI=1S/C15H18N/c1-16(2,3)15-11-9-14(10-12-15)13-7-5-4-6-8-13/h4-12H,1-3H3/q+1. The first-order valence-corrected chi connectivity index (χ1v) is 5.55. The Morgan fingerprint density at radius 1 is 0.625 bits per heavy atom. The van der Waals surface area contributed by atoms with E-state index in [1.54, 1.807) is 0 Å². The molecule has 2 aromatic carbocycles. The van der Waals surface area contributed by atoms with E-state index >= 15 is 0 Å². The highest BCUT2D eigenvalue weighted by atomic mass is 15.3. The molecule has 2 aromatic rings. The number of hydrogen-bond donors (Lipinski definition) is 0. The lowest BCUT2D eigenvalue weighted by molar-refractivity contribution is 0.486. The van der Waals surface area contributed by atoms with Crippen molar-refractivity contribution in [1.82, 2.24) is 4.48 Å². The second-order valence-corrected chi connectivity index (χ2v) is 4.93. The Kier molecular flexibility index (Phi) is 2.80. The molecular weight excluding hydrogens is 194 g/mol. The highest BCUT2D eigenvalue weighted by Gasteiger charge is 2.11. The molecule has 2 rings (SSSR count). The Balaban J connectivity index is 2.34. The second kappa shape index (κ2) is 4.11. The van der Waals surface area contributed by atoms with Gasteiger partial charge in [-0.25, -0.2) is 0 Å². The SMILES string of the molecule is C[N+](C)(C)c1ccc(-c2ccccc2)cc1. The van der Waals surface area contributed by atoms with Crippen LogP contribution in [0.4, 0.5) is 5.69 Å². The van der Waals surface area contributed by atoms with Gasteiger partial charge >= 0.3 is 0 Å². The van der Waals surface area contributed by atoms with Crippen LogP contribution in [-0.4, -0.2) is 21.1 Å². The van der Waals surface area contributed by atoms with Gasteiger partial charge in [0.2, 0.25) is 0 Å². The van der Waals surface area contributed by atoms with Crippen molar-refractivity contribution in [2.45, 2.75) is 0 Å². The predicted molar refractivity (Wildman–Crippen MR) is 71.4 cm³/mol. The molecule has 0 saturated carbocycles. The molecule has 0 atom stereocenters. The smallest absolute Gasteiger partial charge is 0.132 e. The lowest BCUT2D eigenvalue weighted by Crippen LogP contribution is -2.34. The zero-order valence-electron chi connectivity index (χ0n) is 10.1. The average Bonchev–Trinajstić information content (AvgIpc) is 2.29. The molecule has 0 fully saturated rings. The lowest BCUT2D eigenvalue weighted by atomic mass is 10.1. The fraction of sp³-hybridized carbons (Fsp3) is 0.200. The average molecular weight is 212 g/mol. The van der Waals surface area contributed by atoms with Gasteiger partial charge in [-0.3, -0.25) is 4.48 Å². The van der Waals surface area contributed by atoms with Gasteiger partial charge in [0, 0.05) is 0 Å². The summed E-state index contributed by atoms with van der Waals surface area (Å²) in [5, 5.41) is 0. The topological polar surface area (TPSA) is 0 Å². The van der Waals surface area contributed by atoms with Crippen LogP contribution in [0.25, 0.3) is 11.1 Å². The molecule has 82 valence electrons. The molecule has 1 nitrogen and oxygen atoms in total. The number of quaternary nitrogens is 1. The zero-order chi connectivity index (χ0) is 11.6. The van der Waals surface area contributed by atoms with Crippen molar-refractivity contribution in [3.63, 3.8) is 0 Å². The third-order valence-electron chi connectivity index (χ3n) is 2.75. The molecule has 0 unspecified atom stereocenters. The monoisotopic (exact) mass is 212 g/mol. The predicted octanol–water partition coefficient (Wildman–Crippen LogP) is 3.55. The minimum atomic E-state index is 0.856. The number of hydrogen-bond acceptors (Lipinski definition) is 0. The molecule has 0 aliphatic rings. The third-order valence-corrected chi connectivity index (χ3v) is 2.75. The molecule has 16 heavy (non-hydrogen) atoms. The van der Waals surface area contributed by atoms with Crippen LogP contribution < -0.4 is 4.48 Å². The molecule has 0 aliphatic heterocycles. The molecule has 0 N–H and O–H groups in total. The first kappa shape index (κ1) is 10.9. The van der Waals surface area contributed by atoms with E-state index in [-0.39, 0.29) is 0 Å². The van der Waals surface area contributed by atoms with E-state index in [1.165, 1.54) is 16.8 Å². The van der Waals surface area contributed by atoms with Crippen LogP contribution in [0.1, 0.15) is 0 Å². The Hall–Kier alpha value is -1.60. The molecule has 0 aromatic heterocycles. The van der Waals surface area contributed by atoms with Gasteiger partial charge < -0.3 is 0 Å². The largest absolute Gasteiger partial charge is 0.298 e. The maximum absolute atomic E-state index is 2.20. The van der Waals surface area contributed by atoms with Crippen LogP contribution in [0.2, 0.25) is 0 Å². The van der Waals surface area contributed by atoms with Gasteiger partial charge in [-0.1, -0.05) is 30.3 Å². The van der Waals surface area contributed by atoms with Gasteiger partial charge in [0.05, 0.1) is 21.1 Å². The summed E-state index contributed by atoms with van der Waals surface area (Å²) in [7, 11) is 6.53. The van der Waals surface area contributed by atoms with Gasteiger partial charge in [0.25, 0.3) is 0 Å². The maximum atomic E-state index is 2.20. The zero-order valence-corrected chi connectivity index (χ0v) is 10.1.